The Balaban J connectivity index is 1.93. The van der Waals surface area contributed by atoms with Crippen molar-refractivity contribution < 1.29 is 4.79 Å². The molecule has 0 saturated carbocycles. The van der Waals surface area contributed by atoms with Crippen LogP contribution in [0.5, 0.6) is 0 Å². The number of aryl methyl sites for hydroxylation is 1. The minimum atomic E-state index is -0.0676. The van der Waals surface area contributed by atoms with Crippen LogP contribution in [0.2, 0.25) is 0 Å². The van der Waals surface area contributed by atoms with E-state index < -0.39 is 0 Å². The fraction of sp³-hybridized carbons (Fsp3) is 0.700. The van der Waals surface area contributed by atoms with Gasteiger partial charge in [0, 0.05) is 20.6 Å². The van der Waals surface area contributed by atoms with Gasteiger partial charge in [-0.15, -0.1) is 10.2 Å². The van der Waals surface area contributed by atoms with Gasteiger partial charge in [0.1, 0.15) is 11.6 Å². The Bertz CT molecular complexity index is 400. The van der Waals surface area contributed by atoms with Crippen molar-refractivity contribution in [2.24, 2.45) is 7.05 Å². The van der Waals surface area contributed by atoms with Crippen molar-refractivity contribution in [2.75, 3.05) is 13.6 Å². The first-order valence-electron chi connectivity index (χ1n) is 5.43. The molecule has 1 aliphatic heterocycles. The zero-order valence-electron chi connectivity index (χ0n) is 9.90. The Kier molecular flexibility index (Phi) is 2.91. The van der Waals surface area contributed by atoms with Crippen LogP contribution in [-0.2, 0) is 18.4 Å². The molecule has 0 radical (unpaired) electrons. The molecule has 0 aliphatic carbocycles. The lowest BCUT2D eigenvalue weighted by Gasteiger charge is -2.11. The highest BCUT2D eigenvalue weighted by atomic mass is 16.2. The number of hydrogen-bond acceptors (Lipinski definition) is 4. The van der Waals surface area contributed by atoms with E-state index in [2.05, 4.69) is 15.5 Å². The van der Waals surface area contributed by atoms with Crippen LogP contribution in [0.4, 0.5) is 0 Å². The minimum absolute atomic E-state index is 0.0676. The molecular weight excluding hydrogens is 206 g/mol. The summed E-state index contributed by atoms with van der Waals surface area (Å²) in [5.41, 5.74) is 0. The van der Waals surface area contributed by atoms with E-state index in [-0.39, 0.29) is 11.9 Å². The molecule has 0 spiro atoms. The lowest BCUT2D eigenvalue weighted by molar-refractivity contribution is -0.128. The normalized spacial score (nSPS) is 20.8. The van der Waals surface area contributed by atoms with Crippen LogP contribution in [0.25, 0.3) is 0 Å². The molecule has 1 atom stereocenters. The summed E-state index contributed by atoms with van der Waals surface area (Å²) in [5.74, 6) is 1.91. The fourth-order valence-electron chi connectivity index (χ4n) is 1.83. The Morgan fingerprint density at radius 3 is 2.69 bits per heavy atom. The van der Waals surface area contributed by atoms with Crippen LogP contribution in [-0.4, -0.2) is 45.2 Å². The van der Waals surface area contributed by atoms with Crippen molar-refractivity contribution in [3.8, 4) is 0 Å². The van der Waals surface area contributed by atoms with E-state index in [1.807, 2.05) is 25.6 Å². The first kappa shape index (κ1) is 11.1. The van der Waals surface area contributed by atoms with E-state index in [0.29, 0.717) is 6.54 Å². The van der Waals surface area contributed by atoms with Gasteiger partial charge in [-0.05, 0) is 13.3 Å². The lowest BCUT2D eigenvalue weighted by Crippen LogP contribution is -2.37. The maximum atomic E-state index is 11.6. The van der Waals surface area contributed by atoms with Crippen LogP contribution in [0.3, 0.4) is 0 Å². The van der Waals surface area contributed by atoms with Gasteiger partial charge in [-0.3, -0.25) is 10.1 Å². The molecule has 1 unspecified atom stereocenters. The molecule has 2 rings (SSSR count). The van der Waals surface area contributed by atoms with Crippen LogP contribution in [0.15, 0.2) is 0 Å². The molecule has 1 aromatic heterocycles. The van der Waals surface area contributed by atoms with E-state index in [0.717, 1.165) is 24.6 Å². The highest BCUT2D eigenvalue weighted by Gasteiger charge is 2.28. The topological polar surface area (TPSA) is 63.1 Å². The van der Waals surface area contributed by atoms with Crippen LogP contribution in [0.1, 0.15) is 18.1 Å². The molecule has 0 aromatic carbocycles. The van der Waals surface area contributed by atoms with Gasteiger partial charge in [0.25, 0.3) is 0 Å². The van der Waals surface area contributed by atoms with Gasteiger partial charge < -0.3 is 9.47 Å². The lowest BCUT2D eigenvalue weighted by atomic mass is 10.2. The second-order valence-electron chi connectivity index (χ2n) is 4.20. The largest absolute Gasteiger partial charge is 0.344 e. The predicted molar refractivity (Wildman–Crippen MR) is 58.6 cm³/mol. The van der Waals surface area contributed by atoms with Gasteiger partial charge in [0.2, 0.25) is 5.91 Å². The van der Waals surface area contributed by atoms with Crippen molar-refractivity contribution in [1.82, 2.24) is 25.0 Å². The average Bonchev–Trinajstić information content (AvgIpc) is 2.74. The minimum Gasteiger partial charge on any atom is -0.344 e. The number of carbonyl (C=O) groups is 1. The standard InChI is InChI=1S/C10H17N5O/c1-7-12-13-9(15(7)3)6-11-8-4-5-14(2)10(8)16/h8,11H,4-6H2,1-3H3. The number of likely N-dealkylation sites (N-methyl/N-ethyl adjacent to an activating group) is 1. The zero-order valence-corrected chi connectivity index (χ0v) is 9.90. The molecule has 1 aliphatic rings. The van der Waals surface area contributed by atoms with E-state index in [1.54, 1.807) is 4.90 Å². The maximum Gasteiger partial charge on any atom is 0.239 e. The van der Waals surface area contributed by atoms with Crippen molar-refractivity contribution in [3.05, 3.63) is 11.6 Å². The number of amides is 1. The SMILES string of the molecule is Cc1nnc(CNC2CCN(C)C2=O)n1C. The number of rotatable bonds is 3. The Morgan fingerprint density at radius 2 is 2.19 bits per heavy atom. The fourth-order valence-corrected chi connectivity index (χ4v) is 1.83. The van der Waals surface area contributed by atoms with Crippen LogP contribution >= 0.6 is 0 Å². The molecule has 6 heteroatoms. The van der Waals surface area contributed by atoms with Crippen molar-refractivity contribution in [3.63, 3.8) is 0 Å². The van der Waals surface area contributed by atoms with Gasteiger partial charge in [-0.2, -0.15) is 0 Å². The summed E-state index contributed by atoms with van der Waals surface area (Å²) >= 11 is 0. The summed E-state index contributed by atoms with van der Waals surface area (Å²) < 4.78 is 1.93. The number of nitrogens with zero attached hydrogens (tertiary/aromatic N) is 4. The van der Waals surface area contributed by atoms with E-state index in [1.165, 1.54) is 0 Å². The van der Waals surface area contributed by atoms with Gasteiger partial charge >= 0.3 is 0 Å². The third-order valence-electron chi connectivity index (χ3n) is 3.12. The second kappa shape index (κ2) is 4.21. The summed E-state index contributed by atoms with van der Waals surface area (Å²) in [7, 11) is 3.76. The van der Waals surface area contributed by atoms with Crippen molar-refractivity contribution in [1.29, 1.82) is 0 Å². The van der Waals surface area contributed by atoms with Gasteiger partial charge in [0.15, 0.2) is 0 Å². The van der Waals surface area contributed by atoms with Gasteiger partial charge in [-0.25, -0.2) is 0 Å². The smallest absolute Gasteiger partial charge is 0.239 e. The Morgan fingerprint density at radius 1 is 1.44 bits per heavy atom. The molecule has 2 heterocycles. The van der Waals surface area contributed by atoms with Crippen molar-refractivity contribution >= 4 is 5.91 Å². The zero-order chi connectivity index (χ0) is 11.7. The second-order valence-corrected chi connectivity index (χ2v) is 4.20. The summed E-state index contributed by atoms with van der Waals surface area (Å²) in [6.45, 7) is 3.32. The van der Waals surface area contributed by atoms with Crippen LogP contribution in [0, 0.1) is 6.92 Å². The maximum absolute atomic E-state index is 11.6. The van der Waals surface area contributed by atoms with Crippen molar-refractivity contribution in [2.45, 2.75) is 25.9 Å². The molecule has 1 fully saturated rings. The van der Waals surface area contributed by atoms with Crippen LogP contribution < -0.4 is 5.32 Å². The molecule has 1 aromatic rings. The first-order chi connectivity index (χ1) is 7.59. The van der Waals surface area contributed by atoms with Gasteiger partial charge in [0.05, 0.1) is 12.6 Å². The number of likely N-dealkylation sites (tertiary alicyclic amines) is 1. The molecule has 0 bridgehead atoms. The predicted octanol–water partition coefficient (Wildman–Crippen LogP) is -0.556. The summed E-state index contributed by atoms with van der Waals surface area (Å²) in [6.07, 6.45) is 0.867. The third-order valence-corrected chi connectivity index (χ3v) is 3.12. The monoisotopic (exact) mass is 223 g/mol. The molecule has 1 N–H and O–H groups in total. The number of aromatic nitrogens is 3. The number of carbonyl (C=O) groups excluding carboxylic acids is 1. The molecule has 16 heavy (non-hydrogen) atoms. The molecule has 6 nitrogen and oxygen atoms in total. The average molecular weight is 223 g/mol. The molecule has 88 valence electrons. The molecule has 1 amide bonds. The summed E-state index contributed by atoms with van der Waals surface area (Å²) in [4.78, 5) is 13.4. The van der Waals surface area contributed by atoms with Gasteiger partial charge in [-0.1, -0.05) is 0 Å². The van der Waals surface area contributed by atoms with E-state index >= 15 is 0 Å². The summed E-state index contributed by atoms with van der Waals surface area (Å²) in [6, 6.07) is -0.0676. The summed E-state index contributed by atoms with van der Waals surface area (Å²) in [5, 5.41) is 11.2. The Labute approximate surface area is 94.6 Å². The molecule has 1 saturated heterocycles. The number of nitrogens with one attached hydrogen (secondary N) is 1. The quantitative estimate of drug-likeness (QED) is 0.746. The van der Waals surface area contributed by atoms with E-state index in [4.69, 9.17) is 0 Å². The van der Waals surface area contributed by atoms with E-state index in [9.17, 15) is 4.79 Å². The highest BCUT2D eigenvalue weighted by molar-refractivity contribution is 5.83. The first-order valence-corrected chi connectivity index (χ1v) is 5.43. The molecular formula is C10H17N5O. The Hall–Kier alpha value is -1.43. The number of hydrogen-bond donors (Lipinski definition) is 1. The third kappa shape index (κ3) is 1.92. The highest BCUT2D eigenvalue weighted by Crippen LogP contribution is 2.09.